The first kappa shape index (κ1) is 12.3. The van der Waals surface area contributed by atoms with Crippen LogP contribution in [0.1, 0.15) is 42.9 Å². The molecular weight excluding hydrogens is 182 g/mol. The fourth-order valence-corrected chi connectivity index (χ4v) is 1.83. The summed E-state index contributed by atoms with van der Waals surface area (Å²) in [4.78, 5) is 0. The van der Waals surface area contributed by atoms with Crippen LogP contribution in [-0.4, -0.2) is 6.04 Å². The molecule has 0 spiro atoms. The zero-order valence-corrected chi connectivity index (χ0v) is 10.2. The summed E-state index contributed by atoms with van der Waals surface area (Å²) in [5.74, 6) is 0. The number of hydrogen-bond donors (Lipinski definition) is 1. The van der Waals surface area contributed by atoms with Crippen molar-refractivity contribution in [3.63, 3.8) is 0 Å². The van der Waals surface area contributed by atoms with Crippen molar-refractivity contribution < 1.29 is 0 Å². The van der Waals surface area contributed by atoms with Gasteiger partial charge in [-0.05, 0) is 50.7 Å². The fraction of sp³-hybridized carbons (Fsp3) is 0.571. The molecule has 0 saturated carbocycles. The summed E-state index contributed by atoms with van der Waals surface area (Å²) in [6.45, 7) is 6.50. The summed E-state index contributed by atoms with van der Waals surface area (Å²) in [6.07, 6.45) is 4.61. The molecule has 0 radical (unpaired) electrons. The maximum absolute atomic E-state index is 5.91. The van der Waals surface area contributed by atoms with Gasteiger partial charge < -0.3 is 5.73 Å². The van der Waals surface area contributed by atoms with Gasteiger partial charge in [0.1, 0.15) is 0 Å². The van der Waals surface area contributed by atoms with E-state index in [1.165, 1.54) is 29.5 Å². The molecule has 0 aliphatic rings. The van der Waals surface area contributed by atoms with Crippen LogP contribution >= 0.6 is 0 Å². The Hall–Kier alpha value is -0.820. The zero-order valence-electron chi connectivity index (χ0n) is 10.2. The Kier molecular flexibility index (Phi) is 4.83. The summed E-state index contributed by atoms with van der Waals surface area (Å²) in [7, 11) is 0. The zero-order chi connectivity index (χ0) is 11.3. The molecule has 1 atom stereocenters. The Morgan fingerprint density at radius 1 is 1.27 bits per heavy atom. The van der Waals surface area contributed by atoms with E-state index < -0.39 is 0 Å². The van der Waals surface area contributed by atoms with Gasteiger partial charge in [0.2, 0.25) is 0 Å². The van der Waals surface area contributed by atoms with Crippen LogP contribution in [0.5, 0.6) is 0 Å². The van der Waals surface area contributed by atoms with Crippen molar-refractivity contribution in [3.05, 3.63) is 34.9 Å². The van der Waals surface area contributed by atoms with Crippen LogP contribution < -0.4 is 5.73 Å². The van der Waals surface area contributed by atoms with Crippen molar-refractivity contribution in [1.82, 2.24) is 0 Å². The minimum absolute atomic E-state index is 0.384. The second-order valence-electron chi connectivity index (χ2n) is 4.49. The maximum atomic E-state index is 5.91. The van der Waals surface area contributed by atoms with Gasteiger partial charge in [0, 0.05) is 6.04 Å². The highest BCUT2D eigenvalue weighted by molar-refractivity contribution is 5.30. The first-order valence-corrected chi connectivity index (χ1v) is 5.95. The average Bonchev–Trinajstić information content (AvgIpc) is 2.23. The van der Waals surface area contributed by atoms with Gasteiger partial charge in [-0.3, -0.25) is 0 Å². The van der Waals surface area contributed by atoms with E-state index in [9.17, 15) is 0 Å². The highest BCUT2D eigenvalue weighted by Gasteiger charge is 2.02. The molecule has 2 N–H and O–H groups in total. The van der Waals surface area contributed by atoms with Gasteiger partial charge in [-0.2, -0.15) is 0 Å². The normalized spacial score (nSPS) is 12.8. The summed E-state index contributed by atoms with van der Waals surface area (Å²) in [5.41, 5.74) is 10.2. The maximum Gasteiger partial charge on any atom is 0.00363 e. The van der Waals surface area contributed by atoms with Gasteiger partial charge in [0.25, 0.3) is 0 Å². The lowest BCUT2D eigenvalue weighted by Gasteiger charge is -2.10. The summed E-state index contributed by atoms with van der Waals surface area (Å²) < 4.78 is 0. The number of rotatable bonds is 5. The Labute approximate surface area is 93.7 Å². The Bertz CT molecular complexity index is 304. The van der Waals surface area contributed by atoms with E-state index in [0.717, 1.165) is 12.8 Å². The van der Waals surface area contributed by atoms with Crippen molar-refractivity contribution in [1.29, 1.82) is 0 Å². The molecule has 0 aliphatic heterocycles. The average molecular weight is 205 g/mol. The highest BCUT2D eigenvalue weighted by Crippen LogP contribution is 2.14. The lowest BCUT2D eigenvalue weighted by molar-refractivity contribution is 0.567. The lowest BCUT2D eigenvalue weighted by Crippen LogP contribution is -2.18. The van der Waals surface area contributed by atoms with Crippen molar-refractivity contribution in [2.75, 3.05) is 0 Å². The molecule has 0 aliphatic carbocycles. The predicted octanol–water partition coefficient (Wildman–Crippen LogP) is 3.36. The SMILES string of the molecule is CCC(N)CCCc1cc(C)ccc1C. The Morgan fingerprint density at radius 2 is 2.00 bits per heavy atom. The van der Waals surface area contributed by atoms with Gasteiger partial charge in [-0.15, -0.1) is 0 Å². The van der Waals surface area contributed by atoms with Crippen molar-refractivity contribution in [3.8, 4) is 0 Å². The van der Waals surface area contributed by atoms with Crippen LogP contribution in [0.4, 0.5) is 0 Å². The van der Waals surface area contributed by atoms with Crippen LogP contribution in [0.3, 0.4) is 0 Å². The second-order valence-corrected chi connectivity index (χ2v) is 4.49. The topological polar surface area (TPSA) is 26.0 Å². The molecule has 84 valence electrons. The lowest BCUT2D eigenvalue weighted by atomic mass is 9.99. The quantitative estimate of drug-likeness (QED) is 0.783. The van der Waals surface area contributed by atoms with E-state index in [4.69, 9.17) is 5.73 Å². The molecule has 0 fully saturated rings. The van der Waals surface area contributed by atoms with E-state index >= 15 is 0 Å². The summed E-state index contributed by atoms with van der Waals surface area (Å²) >= 11 is 0. The Balaban J connectivity index is 2.46. The molecule has 0 saturated heterocycles. The summed E-state index contributed by atoms with van der Waals surface area (Å²) in [6, 6.07) is 7.07. The molecule has 1 aromatic rings. The molecule has 1 rings (SSSR count). The third-order valence-corrected chi connectivity index (χ3v) is 3.05. The van der Waals surface area contributed by atoms with E-state index in [1.54, 1.807) is 0 Å². The van der Waals surface area contributed by atoms with E-state index in [1.807, 2.05) is 0 Å². The molecule has 1 aromatic carbocycles. The highest BCUT2D eigenvalue weighted by atomic mass is 14.6. The smallest absolute Gasteiger partial charge is 0.00363 e. The minimum atomic E-state index is 0.384. The second kappa shape index (κ2) is 5.92. The van der Waals surface area contributed by atoms with Gasteiger partial charge in [-0.1, -0.05) is 30.7 Å². The van der Waals surface area contributed by atoms with Crippen LogP contribution in [0.2, 0.25) is 0 Å². The number of benzene rings is 1. The molecular formula is C14H23N. The Morgan fingerprint density at radius 3 is 2.67 bits per heavy atom. The molecule has 0 aromatic heterocycles. The first-order valence-electron chi connectivity index (χ1n) is 5.95. The van der Waals surface area contributed by atoms with Crippen LogP contribution in [0.25, 0.3) is 0 Å². The van der Waals surface area contributed by atoms with E-state index in [-0.39, 0.29) is 0 Å². The molecule has 1 nitrogen and oxygen atoms in total. The number of nitrogens with two attached hydrogens (primary N) is 1. The number of hydrogen-bond acceptors (Lipinski definition) is 1. The third kappa shape index (κ3) is 4.05. The predicted molar refractivity (Wildman–Crippen MR) is 67.1 cm³/mol. The van der Waals surface area contributed by atoms with Gasteiger partial charge >= 0.3 is 0 Å². The van der Waals surface area contributed by atoms with E-state index in [0.29, 0.717) is 6.04 Å². The first-order chi connectivity index (χ1) is 7.13. The molecule has 0 heterocycles. The van der Waals surface area contributed by atoms with Crippen LogP contribution in [0, 0.1) is 13.8 Å². The largest absolute Gasteiger partial charge is 0.328 e. The fourth-order valence-electron chi connectivity index (χ4n) is 1.83. The standard InChI is InChI=1S/C14H23N/c1-4-14(15)7-5-6-13-10-11(2)8-9-12(13)3/h8-10,14H,4-7,15H2,1-3H3. The van der Waals surface area contributed by atoms with E-state index in [2.05, 4.69) is 39.0 Å². The van der Waals surface area contributed by atoms with Gasteiger partial charge in [0.05, 0.1) is 0 Å². The van der Waals surface area contributed by atoms with Gasteiger partial charge in [0.15, 0.2) is 0 Å². The van der Waals surface area contributed by atoms with Crippen LogP contribution in [-0.2, 0) is 6.42 Å². The van der Waals surface area contributed by atoms with Gasteiger partial charge in [-0.25, -0.2) is 0 Å². The molecule has 15 heavy (non-hydrogen) atoms. The third-order valence-electron chi connectivity index (χ3n) is 3.05. The number of aryl methyl sites for hydroxylation is 3. The molecule has 1 unspecified atom stereocenters. The monoisotopic (exact) mass is 205 g/mol. The molecule has 0 amide bonds. The minimum Gasteiger partial charge on any atom is -0.328 e. The van der Waals surface area contributed by atoms with Crippen LogP contribution in [0.15, 0.2) is 18.2 Å². The van der Waals surface area contributed by atoms with Crippen molar-refractivity contribution in [2.24, 2.45) is 5.73 Å². The molecule has 1 heteroatoms. The van der Waals surface area contributed by atoms with Crippen molar-refractivity contribution >= 4 is 0 Å². The molecule has 0 bridgehead atoms. The van der Waals surface area contributed by atoms with Crippen molar-refractivity contribution in [2.45, 2.75) is 52.5 Å². The summed E-state index contributed by atoms with van der Waals surface area (Å²) in [5, 5.41) is 0.